The quantitative estimate of drug-likeness (QED) is 0.241. The Morgan fingerprint density at radius 3 is 2.63 bits per heavy atom. The SMILES string of the molecule is CCOc1ccc2nc(N(CCCN3CCOCC3)C(=O)c3ccc(S(=O)(=O)N4CCCc5ccccc54)cc3)sc2c1. The number of carbonyl (C=O) groups is 1. The van der Waals surface area contributed by atoms with Crippen molar-refractivity contribution < 1.29 is 22.7 Å². The molecule has 2 aliphatic heterocycles. The molecule has 2 aliphatic rings. The van der Waals surface area contributed by atoms with Gasteiger partial charge in [0.25, 0.3) is 15.9 Å². The number of hydrogen-bond acceptors (Lipinski definition) is 8. The van der Waals surface area contributed by atoms with E-state index in [1.54, 1.807) is 29.2 Å². The first-order valence-electron chi connectivity index (χ1n) is 14.8. The summed E-state index contributed by atoms with van der Waals surface area (Å²) in [7, 11) is -3.77. The molecule has 4 aromatic rings. The van der Waals surface area contributed by atoms with Gasteiger partial charge in [-0.3, -0.25) is 18.9 Å². The topological polar surface area (TPSA) is 92.3 Å². The smallest absolute Gasteiger partial charge is 0.264 e. The van der Waals surface area contributed by atoms with Gasteiger partial charge in [0.1, 0.15) is 5.75 Å². The molecule has 0 N–H and O–H groups in total. The molecule has 0 atom stereocenters. The number of fused-ring (bicyclic) bond motifs is 2. The first-order chi connectivity index (χ1) is 20.9. The molecule has 0 aliphatic carbocycles. The molecule has 43 heavy (non-hydrogen) atoms. The van der Waals surface area contributed by atoms with E-state index in [0.29, 0.717) is 30.4 Å². The molecular formula is C32H36N4O5S2. The lowest BCUT2D eigenvalue weighted by Crippen LogP contribution is -2.39. The lowest BCUT2D eigenvalue weighted by molar-refractivity contribution is 0.0376. The zero-order chi connectivity index (χ0) is 29.8. The van der Waals surface area contributed by atoms with E-state index < -0.39 is 10.0 Å². The Morgan fingerprint density at radius 1 is 1.05 bits per heavy atom. The van der Waals surface area contributed by atoms with Crippen LogP contribution in [0.5, 0.6) is 5.75 Å². The van der Waals surface area contributed by atoms with Crippen LogP contribution in [0.3, 0.4) is 0 Å². The summed E-state index contributed by atoms with van der Waals surface area (Å²) in [5, 5.41) is 0.609. The number of ether oxygens (including phenoxy) is 2. The fraction of sp³-hybridized carbons (Fsp3) is 0.375. The summed E-state index contributed by atoms with van der Waals surface area (Å²) in [6, 6.07) is 19.7. The minimum atomic E-state index is -3.77. The fourth-order valence-corrected chi connectivity index (χ4v) is 8.19. The highest BCUT2D eigenvalue weighted by Gasteiger charge is 2.29. The van der Waals surface area contributed by atoms with Crippen molar-refractivity contribution in [2.45, 2.75) is 31.1 Å². The summed E-state index contributed by atoms with van der Waals surface area (Å²) >= 11 is 1.45. The predicted octanol–water partition coefficient (Wildman–Crippen LogP) is 5.21. The van der Waals surface area contributed by atoms with Crippen molar-refractivity contribution in [3.63, 3.8) is 0 Å². The van der Waals surface area contributed by atoms with Crippen LogP contribution in [-0.4, -0.2) is 76.8 Å². The minimum Gasteiger partial charge on any atom is -0.494 e. The van der Waals surface area contributed by atoms with Gasteiger partial charge in [-0.1, -0.05) is 29.5 Å². The first kappa shape index (κ1) is 29.6. The van der Waals surface area contributed by atoms with E-state index in [4.69, 9.17) is 14.5 Å². The van der Waals surface area contributed by atoms with Crippen LogP contribution >= 0.6 is 11.3 Å². The number of morpholine rings is 1. The van der Waals surface area contributed by atoms with Crippen LogP contribution in [0.1, 0.15) is 35.7 Å². The number of nitrogens with zero attached hydrogens (tertiary/aromatic N) is 4. The van der Waals surface area contributed by atoms with Crippen LogP contribution in [0.2, 0.25) is 0 Å². The van der Waals surface area contributed by atoms with Crippen LogP contribution in [0, 0.1) is 0 Å². The highest BCUT2D eigenvalue weighted by molar-refractivity contribution is 7.92. The van der Waals surface area contributed by atoms with Crippen LogP contribution in [-0.2, 0) is 21.2 Å². The maximum absolute atomic E-state index is 14.0. The van der Waals surface area contributed by atoms with Gasteiger partial charge in [0.05, 0.1) is 40.6 Å². The number of sulfonamides is 1. The van der Waals surface area contributed by atoms with Gasteiger partial charge < -0.3 is 9.47 Å². The van der Waals surface area contributed by atoms with E-state index in [0.717, 1.165) is 79.3 Å². The average molecular weight is 621 g/mol. The molecule has 11 heteroatoms. The Kier molecular flexibility index (Phi) is 8.94. The molecule has 1 saturated heterocycles. The van der Waals surface area contributed by atoms with Gasteiger partial charge in [0.2, 0.25) is 0 Å². The van der Waals surface area contributed by atoms with Gasteiger partial charge in [-0.15, -0.1) is 0 Å². The fourth-order valence-electron chi connectivity index (χ4n) is 5.63. The maximum atomic E-state index is 14.0. The Morgan fingerprint density at radius 2 is 1.84 bits per heavy atom. The molecule has 6 rings (SSSR count). The second-order valence-electron chi connectivity index (χ2n) is 10.7. The summed E-state index contributed by atoms with van der Waals surface area (Å²) < 4.78 is 40.9. The molecule has 0 unspecified atom stereocenters. The van der Waals surface area contributed by atoms with Crippen molar-refractivity contribution in [1.29, 1.82) is 0 Å². The van der Waals surface area contributed by atoms with E-state index in [9.17, 15) is 13.2 Å². The Hall–Kier alpha value is -3.51. The minimum absolute atomic E-state index is 0.170. The van der Waals surface area contributed by atoms with Crippen molar-refractivity contribution >= 4 is 48.3 Å². The van der Waals surface area contributed by atoms with Gasteiger partial charge in [-0.25, -0.2) is 13.4 Å². The second kappa shape index (κ2) is 13.0. The number of aryl methyl sites for hydroxylation is 1. The molecule has 3 heterocycles. The Bertz CT molecular complexity index is 1680. The molecular weight excluding hydrogens is 585 g/mol. The van der Waals surface area contributed by atoms with Crippen molar-refractivity contribution in [3.8, 4) is 5.75 Å². The lowest BCUT2D eigenvalue weighted by atomic mass is 10.0. The van der Waals surface area contributed by atoms with Gasteiger partial charge in [-0.05, 0) is 80.3 Å². The van der Waals surface area contributed by atoms with Crippen molar-refractivity contribution in [3.05, 3.63) is 77.9 Å². The van der Waals surface area contributed by atoms with E-state index >= 15 is 0 Å². The molecule has 0 radical (unpaired) electrons. The zero-order valence-corrected chi connectivity index (χ0v) is 25.9. The lowest BCUT2D eigenvalue weighted by Gasteiger charge is -2.30. The number of amides is 1. The number of anilines is 2. The second-order valence-corrected chi connectivity index (χ2v) is 13.5. The zero-order valence-electron chi connectivity index (χ0n) is 24.3. The number of benzene rings is 3. The highest BCUT2D eigenvalue weighted by atomic mass is 32.2. The molecule has 1 amide bonds. The summed E-state index contributed by atoms with van der Waals surface area (Å²) in [6.45, 7) is 7.49. The van der Waals surface area contributed by atoms with E-state index in [1.165, 1.54) is 15.6 Å². The molecule has 0 saturated carbocycles. The number of para-hydroxylation sites is 1. The largest absolute Gasteiger partial charge is 0.494 e. The van der Waals surface area contributed by atoms with Gasteiger partial charge in [0, 0.05) is 38.3 Å². The Labute approximate surface area is 256 Å². The third-order valence-electron chi connectivity index (χ3n) is 7.85. The predicted molar refractivity (Wildman–Crippen MR) is 170 cm³/mol. The van der Waals surface area contributed by atoms with Crippen LogP contribution < -0.4 is 13.9 Å². The first-order valence-corrected chi connectivity index (χ1v) is 17.1. The normalized spacial score (nSPS) is 15.8. The molecule has 0 bridgehead atoms. The number of thiazole rings is 1. The van der Waals surface area contributed by atoms with Crippen LogP contribution in [0.25, 0.3) is 10.2 Å². The van der Waals surface area contributed by atoms with Crippen molar-refractivity contribution in [2.24, 2.45) is 0 Å². The van der Waals surface area contributed by atoms with Gasteiger partial charge in [0.15, 0.2) is 5.13 Å². The number of rotatable bonds is 10. The van der Waals surface area contributed by atoms with Gasteiger partial charge in [-0.2, -0.15) is 0 Å². The van der Waals surface area contributed by atoms with E-state index in [-0.39, 0.29) is 10.8 Å². The average Bonchev–Trinajstić information content (AvgIpc) is 3.46. The third kappa shape index (κ3) is 6.40. The number of hydrogen-bond donors (Lipinski definition) is 0. The molecule has 226 valence electrons. The number of aromatic nitrogens is 1. The van der Waals surface area contributed by atoms with E-state index in [2.05, 4.69) is 4.90 Å². The van der Waals surface area contributed by atoms with E-state index in [1.807, 2.05) is 49.4 Å². The summed E-state index contributed by atoms with van der Waals surface area (Å²) in [4.78, 5) is 23.0. The molecule has 3 aromatic carbocycles. The summed E-state index contributed by atoms with van der Waals surface area (Å²) in [5.74, 6) is 0.557. The number of carbonyl (C=O) groups excluding carboxylic acids is 1. The molecule has 0 spiro atoms. The Balaban J connectivity index is 1.25. The van der Waals surface area contributed by atoms with Crippen molar-refractivity contribution in [2.75, 3.05) is 61.7 Å². The van der Waals surface area contributed by atoms with Gasteiger partial charge >= 0.3 is 0 Å². The summed E-state index contributed by atoms with van der Waals surface area (Å²) in [6.07, 6.45) is 2.39. The monoisotopic (exact) mass is 620 g/mol. The van der Waals surface area contributed by atoms with Crippen molar-refractivity contribution in [1.82, 2.24) is 9.88 Å². The van der Waals surface area contributed by atoms with Crippen LogP contribution in [0.4, 0.5) is 10.8 Å². The standard InChI is InChI=1S/C32H36N4O5S2/c1-2-41-26-12-15-28-30(23-26)42-32(33-28)35(17-6-16-34-19-21-40-22-20-34)31(37)25-10-13-27(14-11-25)43(38,39)36-18-5-8-24-7-3-4-9-29(24)36/h3-4,7,9-15,23H,2,5-6,8,16-22H2,1H3. The molecule has 1 aromatic heterocycles. The van der Waals surface area contributed by atoms with Crippen LogP contribution in [0.15, 0.2) is 71.6 Å². The highest BCUT2D eigenvalue weighted by Crippen LogP contribution is 2.34. The molecule has 9 nitrogen and oxygen atoms in total. The molecule has 1 fully saturated rings. The third-order valence-corrected chi connectivity index (χ3v) is 10.7. The summed E-state index contributed by atoms with van der Waals surface area (Å²) in [5.41, 5.74) is 2.97. The maximum Gasteiger partial charge on any atom is 0.264 e.